The molecule has 114 valence electrons. The topological polar surface area (TPSA) is 62.3 Å². The van der Waals surface area contributed by atoms with Crippen LogP contribution < -0.4 is 10.5 Å². The van der Waals surface area contributed by atoms with E-state index < -0.39 is 0 Å². The van der Waals surface area contributed by atoms with Gasteiger partial charge >= 0.3 is 0 Å². The molecule has 2 rings (SSSR count). The molecule has 1 aliphatic carbocycles. The van der Waals surface area contributed by atoms with E-state index in [0.717, 1.165) is 50.3 Å². The highest BCUT2D eigenvalue weighted by Crippen LogP contribution is 2.37. The second-order valence-corrected chi connectivity index (χ2v) is 5.58. The molecule has 1 aromatic rings. The van der Waals surface area contributed by atoms with Crippen LogP contribution in [0.25, 0.3) is 0 Å². The van der Waals surface area contributed by atoms with Gasteiger partial charge < -0.3 is 15.2 Å². The van der Waals surface area contributed by atoms with Crippen LogP contribution in [-0.2, 0) is 11.3 Å². The molecule has 0 radical (unpaired) electrons. The van der Waals surface area contributed by atoms with E-state index in [1.807, 2.05) is 11.6 Å². The molecule has 1 aromatic heterocycles. The maximum atomic E-state index is 6.40. The zero-order valence-corrected chi connectivity index (χ0v) is 12.8. The van der Waals surface area contributed by atoms with Gasteiger partial charge in [-0.05, 0) is 38.5 Å². The standard InChI is InChI=1S/C15H27N3O2/c1-4-6-18-15(14(19-3)10-17-18)13(16)9-11-7-12(8-11)20-5-2/h10-13H,4-9,16H2,1-3H3. The number of ether oxygens (including phenoxy) is 2. The van der Waals surface area contributed by atoms with Gasteiger partial charge in [0.1, 0.15) is 0 Å². The number of nitrogens with two attached hydrogens (primary N) is 1. The summed E-state index contributed by atoms with van der Waals surface area (Å²) in [5.41, 5.74) is 7.43. The number of hydrogen-bond donors (Lipinski definition) is 1. The van der Waals surface area contributed by atoms with Crippen LogP contribution >= 0.6 is 0 Å². The third-order valence-corrected chi connectivity index (χ3v) is 4.03. The van der Waals surface area contributed by atoms with Crippen LogP contribution in [0.1, 0.15) is 51.3 Å². The summed E-state index contributed by atoms with van der Waals surface area (Å²) < 4.78 is 13.0. The minimum Gasteiger partial charge on any atom is -0.493 e. The average Bonchev–Trinajstić information content (AvgIpc) is 2.79. The maximum Gasteiger partial charge on any atom is 0.161 e. The highest BCUT2D eigenvalue weighted by atomic mass is 16.5. The Morgan fingerprint density at radius 2 is 2.20 bits per heavy atom. The van der Waals surface area contributed by atoms with Crippen molar-refractivity contribution in [1.82, 2.24) is 9.78 Å². The molecule has 1 unspecified atom stereocenters. The summed E-state index contributed by atoms with van der Waals surface area (Å²) in [5, 5.41) is 4.38. The molecule has 0 aliphatic heterocycles. The first-order valence-corrected chi connectivity index (χ1v) is 7.66. The Kier molecular flexibility index (Phi) is 5.43. The molecule has 1 saturated carbocycles. The lowest BCUT2D eigenvalue weighted by Crippen LogP contribution is -2.34. The number of methoxy groups -OCH3 is 1. The molecule has 1 atom stereocenters. The molecular formula is C15H27N3O2. The quantitative estimate of drug-likeness (QED) is 0.795. The minimum absolute atomic E-state index is 0.00780. The van der Waals surface area contributed by atoms with Crippen LogP contribution in [-0.4, -0.2) is 29.6 Å². The lowest BCUT2D eigenvalue weighted by atomic mass is 9.78. The van der Waals surface area contributed by atoms with Crippen LogP contribution in [0.2, 0.25) is 0 Å². The van der Waals surface area contributed by atoms with Crippen molar-refractivity contribution in [2.24, 2.45) is 11.7 Å². The fourth-order valence-electron chi connectivity index (χ4n) is 3.01. The van der Waals surface area contributed by atoms with Crippen molar-refractivity contribution in [2.45, 2.75) is 58.2 Å². The van der Waals surface area contributed by atoms with Crippen LogP contribution in [0.3, 0.4) is 0 Å². The smallest absolute Gasteiger partial charge is 0.161 e. The van der Waals surface area contributed by atoms with Crippen molar-refractivity contribution >= 4 is 0 Å². The van der Waals surface area contributed by atoms with E-state index in [1.54, 1.807) is 13.3 Å². The van der Waals surface area contributed by atoms with E-state index in [1.165, 1.54) is 0 Å². The highest BCUT2D eigenvalue weighted by Gasteiger charge is 2.32. The zero-order valence-electron chi connectivity index (χ0n) is 12.8. The Bertz CT molecular complexity index is 413. The van der Waals surface area contributed by atoms with Gasteiger partial charge in [-0.1, -0.05) is 6.92 Å². The highest BCUT2D eigenvalue weighted by molar-refractivity contribution is 5.28. The average molecular weight is 281 g/mol. The predicted octanol–water partition coefficient (Wildman–Crippen LogP) is 2.51. The summed E-state index contributed by atoms with van der Waals surface area (Å²) in [5.74, 6) is 1.47. The SMILES string of the molecule is CCCn1ncc(OC)c1C(N)CC1CC(OCC)C1. The van der Waals surface area contributed by atoms with E-state index in [0.29, 0.717) is 12.0 Å². The van der Waals surface area contributed by atoms with E-state index >= 15 is 0 Å². The third kappa shape index (κ3) is 3.33. The number of aryl methyl sites for hydroxylation is 1. The minimum atomic E-state index is -0.00780. The first kappa shape index (κ1) is 15.3. The molecule has 1 aliphatic rings. The van der Waals surface area contributed by atoms with Crippen molar-refractivity contribution in [3.05, 3.63) is 11.9 Å². The Labute approximate surface area is 121 Å². The van der Waals surface area contributed by atoms with Crippen LogP contribution in [0, 0.1) is 5.92 Å². The van der Waals surface area contributed by atoms with Gasteiger partial charge in [0.05, 0.1) is 31.1 Å². The molecule has 1 heterocycles. The van der Waals surface area contributed by atoms with Gasteiger partial charge in [-0.15, -0.1) is 0 Å². The number of rotatable bonds is 8. The fraction of sp³-hybridized carbons (Fsp3) is 0.800. The summed E-state index contributed by atoms with van der Waals surface area (Å²) in [6.45, 7) is 5.88. The number of nitrogens with zero attached hydrogens (tertiary/aromatic N) is 2. The summed E-state index contributed by atoms with van der Waals surface area (Å²) in [6, 6.07) is -0.00780. The van der Waals surface area contributed by atoms with Crippen LogP contribution in [0.15, 0.2) is 6.20 Å². The molecule has 0 amide bonds. The Balaban J connectivity index is 1.95. The number of hydrogen-bond acceptors (Lipinski definition) is 4. The summed E-state index contributed by atoms with van der Waals surface area (Å²) in [4.78, 5) is 0. The Morgan fingerprint density at radius 1 is 1.45 bits per heavy atom. The molecule has 0 spiro atoms. The van der Waals surface area contributed by atoms with Gasteiger partial charge in [-0.3, -0.25) is 4.68 Å². The van der Waals surface area contributed by atoms with Crippen molar-refractivity contribution in [3.8, 4) is 5.75 Å². The molecule has 5 heteroatoms. The maximum absolute atomic E-state index is 6.40. The second kappa shape index (κ2) is 7.09. The second-order valence-electron chi connectivity index (χ2n) is 5.58. The molecule has 2 N–H and O–H groups in total. The van der Waals surface area contributed by atoms with Gasteiger partial charge in [-0.2, -0.15) is 5.10 Å². The van der Waals surface area contributed by atoms with Crippen LogP contribution in [0.5, 0.6) is 5.75 Å². The van der Waals surface area contributed by atoms with Gasteiger partial charge in [0.2, 0.25) is 0 Å². The van der Waals surface area contributed by atoms with Crippen molar-refractivity contribution in [3.63, 3.8) is 0 Å². The Morgan fingerprint density at radius 3 is 2.80 bits per heavy atom. The van der Waals surface area contributed by atoms with Crippen molar-refractivity contribution in [2.75, 3.05) is 13.7 Å². The van der Waals surface area contributed by atoms with E-state index in [9.17, 15) is 0 Å². The lowest BCUT2D eigenvalue weighted by molar-refractivity contribution is -0.0284. The largest absolute Gasteiger partial charge is 0.493 e. The molecule has 0 aromatic carbocycles. The van der Waals surface area contributed by atoms with Gasteiger partial charge in [0, 0.05) is 13.2 Å². The zero-order chi connectivity index (χ0) is 14.5. The number of aromatic nitrogens is 2. The normalized spacial score (nSPS) is 23.4. The first-order valence-electron chi connectivity index (χ1n) is 7.66. The molecule has 0 saturated heterocycles. The fourth-order valence-corrected chi connectivity index (χ4v) is 3.01. The third-order valence-electron chi connectivity index (χ3n) is 4.03. The van der Waals surface area contributed by atoms with Gasteiger partial charge in [0.15, 0.2) is 5.75 Å². The summed E-state index contributed by atoms with van der Waals surface area (Å²) in [6.07, 6.45) is 6.50. The summed E-state index contributed by atoms with van der Waals surface area (Å²) in [7, 11) is 1.68. The summed E-state index contributed by atoms with van der Waals surface area (Å²) >= 11 is 0. The molecular weight excluding hydrogens is 254 g/mol. The van der Waals surface area contributed by atoms with E-state index in [4.69, 9.17) is 15.2 Å². The van der Waals surface area contributed by atoms with Crippen LogP contribution in [0.4, 0.5) is 0 Å². The van der Waals surface area contributed by atoms with Gasteiger partial charge in [0.25, 0.3) is 0 Å². The first-order chi connectivity index (χ1) is 9.69. The van der Waals surface area contributed by atoms with E-state index in [-0.39, 0.29) is 6.04 Å². The molecule has 5 nitrogen and oxygen atoms in total. The van der Waals surface area contributed by atoms with Gasteiger partial charge in [-0.25, -0.2) is 0 Å². The Hall–Kier alpha value is -1.07. The molecule has 0 bridgehead atoms. The monoisotopic (exact) mass is 281 g/mol. The van der Waals surface area contributed by atoms with Crippen molar-refractivity contribution < 1.29 is 9.47 Å². The van der Waals surface area contributed by atoms with E-state index in [2.05, 4.69) is 12.0 Å². The lowest BCUT2D eigenvalue weighted by Gasteiger charge is -2.36. The molecule has 1 fully saturated rings. The van der Waals surface area contributed by atoms with Crippen molar-refractivity contribution in [1.29, 1.82) is 0 Å². The predicted molar refractivity (Wildman–Crippen MR) is 78.8 cm³/mol. The molecule has 20 heavy (non-hydrogen) atoms.